The zero-order valence-corrected chi connectivity index (χ0v) is 14.2. The molecular formula is C19H27NO3. The van der Waals surface area contributed by atoms with Gasteiger partial charge in [0, 0.05) is 11.5 Å². The minimum Gasteiger partial charge on any atom is -0.459 e. The lowest BCUT2D eigenvalue weighted by Crippen LogP contribution is -2.66. The van der Waals surface area contributed by atoms with Crippen molar-refractivity contribution in [2.45, 2.75) is 69.6 Å². The van der Waals surface area contributed by atoms with Gasteiger partial charge in [-0.05, 0) is 52.0 Å². The van der Waals surface area contributed by atoms with Gasteiger partial charge < -0.3 is 15.6 Å². The number of nitrogens with two attached hydrogens (primary N) is 1. The molecule has 0 saturated heterocycles. The molecule has 0 radical (unpaired) electrons. The highest BCUT2D eigenvalue weighted by molar-refractivity contribution is 5.79. The highest BCUT2D eigenvalue weighted by atomic mass is 16.6. The van der Waals surface area contributed by atoms with Gasteiger partial charge in [-0.15, -0.1) is 0 Å². The molecule has 1 aromatic carbocycles. The summed E-state index contributed by atoms with van der Waals surface area (Å²) in [7, 11) is 0. The first-order chi connectivity index (χ1) is 10.7. The van der Waals surface area contributed by atoms with Gasteiger partial charge in [-0.25, -0.2) is 0 Å². The lowest BCUT2D eigenvalue weighted by atomic mass is 9.50. The van der Waals surface area contributed by atoms with E-state index in [-0.39, 0.29) is 11.9 Å². The standard InChI is InChI=1S/C19H27NO3/c1-17(2,3)23-16(22)18-9-11-19(20,12-10-18)14(15(18)21)13-7-5-4-6-8-13/h4-8,14-15,21H,9-12,20H2,1-3H3. The number of aliphatic hydroxyl groups excluding tert-OH is 1. The molecular weight excluding hydrogens is 290 g/mol. The van der Waals surface area contributed by atoms with Gasteiger partial charge in [0.15, 0.2) is 0 Å². The van der Waals surface area contributed by atoms with Crippen molar-refractivity contribution in [3.8, 4) is 0 Å². The molecule has 0 aliphatic heterocycles. The molecule has 3 saturated carbocycles. The first-order valence-electron chi connectivity index (χ1n) is 8.43. The first kappa shape index (κ1) is 16.5. The summed E-state index contributed by atoms with van der Waals surface area (Å²) in [6.07, 6.45) is 1.88. The number of carbonyl (C=O) groups excluding carboxylic acids is 1. The summed E-state index contributed by atoms with van der Waals surface area (Å²) in [5.41, 5.74) is 5.83. The van der Waals surface area contributed by atoms with Crippen molar-refractivity contribution >= 4 is 5.97 Å². The van der Waals surface area contributed by atoms with E-state index in [1.165, 1.54) is 0 Å². The van der Waals surface area contributed by atoms with E-state index < -0.39 is 22.7 Å². The van der Waals surface area contributed by atoms with Gasteiger partial charge in [0.25, 0.3) is 0 Å². The number of carbonyl (C=O) groups is 1. The third-order valence-electron chi connectivity index (χ3n) is 5.54. The van der Waals surface area contributed by atoms with Crippen LogP contribution in [-0.2, 0) is 9.53 Å². The Balaban J connectivity index is 1.97. The SMILES string of the molecule is CC(C)(C)OC(=O)C12CCC(N)(CC1)C(c1ccccc1)C2O. The number of fused-ring (bicyclic) bond motifs is 3. The minimum atomic E-state index is -0.824. The smallest absolute Gasteiger partial charge is 0.315 e. The number of hydrogen-bond acceptors (Lipinski definition) is 4. The number of ether oxygens (including phenoxy) is 1. The van der Waals surface area contributed by atoms with Crippen LogP contribution in [0, 0.1) is 5.41 Å². The molecule has 3 N–H and O–H groups in total. The number of benzene rings is 1. The number of rotatable bonds is 2. The monoisotopic (exact) mass is 317 g/mol. The van der Waals surface area contributed by atoms with Crippen LogP contribution < -0.4 is 5.73 Å². The quantitative estimate of drug-likeness (QED) is 0.823. The fraction of sp³-hybridized carbons (Fsp3) is 0.632. The second-order valence-corrected chi connectivity index (χ2v) is 8.22. The Morgan fingerprint density at radius 1 is 1.17 bits per heavy atom. The molecule has 4 rings (SSSR count). The number of hydrogen-bond donors (Lipinski definition) is 2. The van der Waals surface area contributed by atoms with Crippen molar-refractivity contribution in [1.29, 1.82) is 0 Å². The normalized spacial score (nSPS) is 36.7. The Labute approximate surface area is 138 Å². The van der Waals surface area contributed by atoms with Gasteiger partial charge in [-0.1, -0.05) is 30.3 Å². The van der Waals surface area contributed by atoms with Crippen LogP contribution in [0.1, 0.15) is 57.9 Å². The molecule has 1 aromatic rings. The summed E-state index contributed by atoms with van der Waals surface area (Å²) in [5, 5.41) is 11.1. The molecule has 4 heteroatoms. The zero-order valence-electron chi connectivity index (χ0n) is 14.2. The third-order valence-corrected chi connectivity index (χ3v) is 5.54. The van der Waals surface area contributed by atoms with Crippen molar-refractivity contribution in [1.82, 2.24) is 0 Å². The Morgan fingerprint density at radius 2 is 1.74 bits per heavy atom. The minimum absolute atomic E-state index is 0.223. The van der Waals surface area contributed by atoms with Crippen LogP contribution in [0.5, 0.6) is 0 Å². The molecule has 2 unspecified atom stereocenters. The summed E-state index contributed by atoms with van der Waals surface area (Å²) in [4.78, 5) is 12.9. The predicted molar refractivity (Wildman–Crippen MR) is 88.9 cm³/mol. The fourth-order valence-electron chi connectivity index (χ4n) is 4.28. The molecule has 126 valence electrons. The van der Waals surface area contributed by atoms with Crippen LogP contribution in [0.4, 0.5) is 0 Å². The van der Waals surface area contributed by atoms with E-state index in [2.05, 4.69) is 0 Å². The lowest BCUT2D eigenvalue weighted by Gasteiger charge is -2.58. The molecule has 0 amide bonds. The van der Waals surface area contributed by atoms with Crippen LogP contribution >= 0.6 is 0 Å². The second-order valence-electron chi connectivity index (χ2n) is 8.22. The molecule has 3 fully saturated rings. The largest absolute Gasteiger partial charge is 0.459 e. The maximum atomic E-state index is 12.9. The van der Waals surface area contributed by atoms with E-state index in [0.29, 0.717) is 12.8 Å². The molecule has 2 atom stereocenters. The van der Waals surface area contributed by atoms with Gasteiger partial charge >= 0.3 is 5.97 Å². The summed E-state index contributed by atoms with van der Waals surface area (Å²) >= 11 is 0. The van der Waals surface area contributed by atoms with Crippen LogP contribution in [-0.4, -0.2) is 28.3 Å². The van der Waals surface area contributed by atoms with Crippen molar-refractivity contribution in [3.63, 3.8) is 0 Å². The molecule has 2 bridgehead atoms. The summed E-state index contributed by atoms with van der Waals surface area (Å²) in [6, 6.07) is 9.84. The molecule has 23 heavy (non-hydrogen) atoms. The number of aliphatic hydroxyl groups is 1. The highest BCUT2D eigenvalue weighted by Crippen LogP contribution is 2.58. The predicted octanol–water partition coefficient (Wildman–Crippen LogP) is 2.74. The third kappa shape index (κ3) is 2.68. The number of esters is 1. The van der Waals surface area contributed by atoms with Crippen LogP contribution in [0.3, 0.4) is 0 Å². The van der Waals surface area contributed by atoms with E-state index in [9.17, 15) is 9.90 Å². The Hall–Kier alpha value is -1.39. The summed E-state index contributed by atoms with van der Waals surface area (Å²) in [6.45, 7) is 5.59. The summed E-state index contributed by atoms with van der Waals surface area (Å²) < 4.78 is 5.64. The van der Waals surface area contributed by atoms with E-state index in [1.807, 2.05) is 51.1 Å². The van der Waals surface area contributed by atoms with Crippen LogP contribution in [0.2, 0.25) is 0 Å². The zero-order chi connectivity index (χ0) is 16.9. The van der Waals surface area contributed by atoms with Crippen molar-refractivity contribution in [2.75, 3.05) is 0 Å². The Kier molecular flexibility index (Phi) is 3.81. The highest BCUT2D eigenvalue weighted by Gasteiger charge is 2.63. The van der Waals surface area contributed by atoms with Gasteiger partial charge in [0.05, 0.1) is 11.5 Å². The van der Waals surface area contributed by atoms with Gasteiger partial charge in [-0.2, -0.15) is 0 Å². The first-order valence-corrected chi connectivity index (χ1v) is 8.43. The van der Waals surface area contributed by atoms with E-state index in [4.69, 9.17) is 10.5 Å². The maximum Gasteiger partial charge on any atom is 0.315 e. The van der Waals surface area contributed by atoms with E-state index in [1.54, 1.807) is 0 Å². The molecule has 0 heterocycles. The fourth-order valence-corrected chi connectivity index (χ4v) is 4.28. The van der Waals surface area contributed by atoms with Crippen molar-refractivity contribution < 1.29 is 14.6 Å². The lowest BCUT2D eigenvalue weighted by molar-refractivity contribution is -0.191. The molecule has 0 spiro atoms. The molecule has 4 nitrogen and oxygen atoms in total. The maximum absolute atomic E-state index is 12.9. The Bertz CT molecular complexity index is 582. The Morgan fingerprint density at radius 3 is 2.26 bits per heavy atom. The van der Waals surface area contributed by atoms with Crippen LogP contribution in [0.15, 0.2) is 30.3 Å². The van der Waals surface area contributed by atoms with Gasteiger partial charge in [0.1, 0.15) is 5.60 Å². The average Bonchev–Trinajstić information content (AvgIpc) is 2.47. The topological polar surface area (TPSA) is 72.5 Å². The summed E-state index contributed by atoms with van der Waals surface area (Å²) in [5.74, 6) is -0.501. The van der Waals surface area contributed by atoms with Gasteiger partial charge in [-0.3, -0.25) is 4.79 Å². The van der Waals surface area contributed by atoms with Crippen molar-refractivity contribution in [3.05, 3.63) is 35.9 Å². The molecule has 3 aliphatic rings. The van der Waals surface area contributed by atoms with E-state index in [0.717, 1.165) is 18.4 Å². The molecule has 3 aliphatic carbocycles. The van der Waals surface area contributed by atoms with Crippen molar-refractivity contribution in [2.24, 2.45) is 11.1 Å². The van der Waals surface area contributed by atoms with E-state index >= 15 is 0 Å². The molecule has 0 aromatic heterocycles. The average molecular weight is 317 g/mol. The van der Waals surface area contributed by atoms with Gasteiger partial charge in [0.2, 0.25) is 0 Å². The van der Waals surface area contributed by atoms with Crippen LogP contribution in [0.25, 0.3) is 0 Å². The second kappa shape index (κ2) is 5.32.